The van der Waals surface area contributed by atoms with Gasteiger partial charge in [-0.15, -0.1) is 11.3 Å². The first kappa shape index (κ1) is 14.4. The fourth-order valence-corrected chi connectivity index (χ4v) is 3.29. The summed E-state index contributed by atoms with van der Waals surface area (Å²) < 4.78 is 5.37. The molecule has 1 saturated heterocycles. The van der Waals surface area contributed by atoms with Crippen molar-refractivity contribution in [2.24, 2.45) is 5.92 Å². The minimum Gasteiger partial charge on any atom is -0.481 e. The van der Waals surface area contributed by atoms with Crippen LogP contribution < -0.4 is 0 Å². The predicted molar refractivity (Wildman–Crippen MR) is 73.3 cm³/mol. The molecule has 2 atom stereocenters. The summed E-state index contributed by atoms with van der Waals surface area (Å²) in [5.74, 6) is -1.18. The van der Waals surface area contributed by atoms with E-state index in [1.807, 2.05) is 13.1 Å². The molecular formula is C13H20N2O3S. The van der Waals surface area contributed by atoms with Crippen molar-refractivity contribution < 1.29 is 14.6 Å². The number of aryl methyl sites for hydroxylation is 1. The van der Waals surface area contributed by atoms with Crippen molar-refractivity contribution in [2.45, 2.75) is 32.9 Å². The van der Waals surface area contributed by atoms with Crippen LogP contribution in [0.2, 0.25) is 0 Å². The van der Waals surface area contributed by atoms with E-state index in [0.717, 1.165) is 24.5 Å². The summed E-state index contributed by atoms with van der Waals surface area (Å²) in [6, 6.07) is -0.0279. The number of hydrogen-bond donors (Lipinski definition) is 1. The van der Waals surface area contributed by atoms with Gasteiger partial charge in [0.2, 0.25) is 0 Å². The second-order valence-electron chi connectivity index (χ2n) is 4.87. The van der Waals surface area contributed by atoms with E-state index in [1.54, 1.807) is 11.3 Å². The molecule has 2 rings (SSSR count). The summed E-state index contributed by atoms with van der Waals surface area (Å²) >= 11 is 1.67. The first-order valence-corrected chi connectivity index (χ1v) is 7.39. The number of nitrogens with zero attached hydrogens (tertiary/aromatic N) is 2. The van der Waals surface area contributed by atoms with Crippen LogP contribution in [0.15, 0.2) is 6.20 Å². The Kier molecular flexibility index (Phi) is 4.90. The smallest absolute Gasteiger partial charge is 0.310 e. The number of hydrogen-bond acceptors (Lipinski definition) is 5. The molecule has 0 bridgehead atoms. The van der Waals surface area contributed by atoms with Crippen LogP contribution in [0.1, 0.15) is 23.2 Å². The number of thiazole rings is 1. The Morgan fingerprint density at radius 3 is 3.00 bits per heavy atom. The molecule has 1 aliphatic rings. The van der Waals surface area contributed by atoms with Crippen LogP contribution in [-0.4, -0.2) is 46.8 Å². The average Bonchev–Trinajstić information content (AvgIpc) is 2.97. The third-order valence-corrected chi connectivity index (χ3v) is 4.27. The van der Waals surface area contributed by atoms with E-state index in [9.17, 15) is 9.90 Å². The standard InChI is InChI=1S/C13H20N2O3S/c1-3-4-15(6-10-5-14-9(2)19-10)12-8-18-7-11(12)13(16)17/h5,11-12H,3-4,6-8H2,1-2H3,(H,16,17). The number of carboxylic acids is 1. The topological polar surface area (TPSA) is 62.7 Å². The average molecular weight is 284 g/mol. The minimum absolute atomic E-state index is 0.0279. The van der Waals surface area contributed by atoms with Crippen LogP contribution in [0, 0.1) is 12.8 Å². The van der Waals surface area contributed by atoms with Crippen molar-refractivity contribution in [3.63, 3.8) is 0 Å². The lowest BCUT2D eigenvalue weighted by molar-refractivity contribution is -0.143. The van der Waals surface area contributed by atoms with Gasteiger partial charge in [-0.05, 0) is 19.9 Å². The van der Waals surface area contributed by atoms with E-state index < -0.39 is 11.9 Å². The third kappa shape index (κ3) is 3.52. The number of aliphatic carboxylic acids is 1. The van der Waals surface area contributed by atoms with Gasteiger partial charge in [-0.1, -0.05) is 6.92 Å². The van der Waals surface area contributed by atoms with Crippen molar-refractivity contribution in [1.82, 2.24) is 9.88 Å². The van der Waals surface area contributed by atoms with Crippen LogP contribution in [-0.2, 0) is 16.1 Å². The van der Waals surface area contributed by atoms with Gasteiger partial charge in [0.05, 0.1) is 24.1 Å². The van der Waals surface area contributed by atoms with E-state index in [2.05, 4.69) is 16.8 Å². The molecule has 0 amide bonds. The SMILES string of the molecule is CCCN(Cc1cnc(C)s1)C1COCC1C(=O)O. The van der Waals surface area contributed by atoms with E-state index in [-0.39, 0.29) is 6.04 Å². The lowest BCUT2D eigenvalue weighted by Gasteiger charge is -2.29. The number of aromatic nitrogens is 1. The molecule has 1 aromatic rings. The highest BCUT2D eigenvalue weighted by Crippen LogP contribution is 2.24. The Balaban J connectivity index is 2.08. The normalized spacial score (nSPS) is 23.1. The lowest BCUT2D eigenvalue weighted by Crippen LogP contribution is -2.43. The van der Waals surface area contributed by atoms with Crippen LogP contribution in [0.5, 0.6) is 0 Å². The predicted octanol–water partition coefficient (Wildman–Crippen LogP) is 1.76. The molecule has 0 radical (unpaired) electrons. The van der Waals surface area contributed by atoms with E-state index in [4.69, 9.17) is 4.74 Å². The third-order valence-electron chi connectivity index (χ3n) is 3.38. The minimum atomic E-state index is -0.760. The Hall–Kier alpha value is -0.980. The number of carbonyl (C=O) groups is 1. The van der Waals surface area contributed by atoms with E-state index in [0.29, 0.717) is 13.2 Å². The molecule has 0 saturated carbocycles. The molecule has 0 spiro atoms. The molecule has 2 heterocycles. The summed E-state index contributed by atoms with van der Waals surface area (Å²) in [7, 11) is 0. The van der Waals surface area contributed by atoms with Crippen LogP contribution in [0.4, 0.5) is 0 Å². The second-order valence-corrected chi connectivity index (χ2v) is 6.18. The first-order chi connectivity index (χ1) is 9.11. The summed E-state index contributed by atoms with van der Waals surface area (Å²) in [5.41, 5.74) is 0. The zero-order valence-electron chi connectivity index (χ0n) is 11.3. The van der Waals surface area contributed by atoms with Gasteiger partial charge in [-0.25, -0.2) is 4.98 Å². The van der Waals surface area contributed by atoms with Crippen LogP contribution in [0.25, 0.3) is 0 Å². The summed E-state index contributed by atoms with van der Waals surface area (Å²) in [5, 5.41) is 10.3. The molecule has 1 N–H and O–H groups in total. The fraction of sp³-hybridized carbons (Fsp3) is 0.692. The van der Waals surface area contributed by atoms with Gasteiger partial charge >= 0.3 is 5.97 Å². The number of rotatable bonds is 6. The number of carboxylic acid groups (broad SMARTS) is 1. The quantitative estimate of drug-likeness (QED) is 0.862. The van der Waals surface area contributed by atoms with Gasteiger partial charge < -0.3 is 9.84 Å². The Morgan fingerprint density at radius 2 is 2.42 bits per heavy atom. The highest BCUT2D eigenvalue weighted by Gasteiger charge is 2.37. The van der Waals surface area contributed by atoms with Crippen molar-refractivity contribution in [3.05, 3.63) is 16.1 Å². The van der Waals surface area contributed by atoms with Crippen molar-refractivity contribution >= 4 is 17.3 Å². The van der Waals surface area contributed by atoms with Gasteiger partial charge in [-0.2, -0.15) is 0 Å². The molecule has 2 unspecified atom stereocenters. The zero-order chi connectivity index (χ0) is 13.8. The molecule has 1 aromatic heterocycles. The molecule has 0 aliphatic carbocycles. The van der Waals surface area contributed by atoms with Gasteiger partial charge in [0.15, 0.2) is 0 Å². The van der Waals surface area contributed by atoms with Gasteiger partial charge in [0.1, 0.15) is 0 Å². The van der Waals surface area contributed by atoms with Crippen LogP contribution in [0.3, 0.4) is 0 Å². The van der Waals surface area contributed by atoms with Gasteiger partial charge in [0, 0.05) is 23.7 Å². The maximum atomic E-state index is 11.3. The molecule has 6 heteroatoms. The summed E-state index contributed by atoms with van der Waals surface area (Å²) in [6.45, 7) is 6.57. The van der Waals surface area contributed by atoms with Crippen molar-refractivity contribution in [1.29, 1.82) is 0 Å². The molecule has 1 aliphatic heterocycles. The van der Waals surface area contributed by atoms with E-state index in [1.165, 1.54) is 4.88 Å². The maximum Gasteiger partial charge on any atom is 0.310 e. The fourth-order valence-electron chi connectivity index (χ4n) is 2.47. The molecular weight excluding hydrogens is 264 g/mol. The highest BCUT2D eigenvalue weighted by atomic mass is 32.1. The largest absolute Gasteiger partial charge is 0.481 e. The summed E-state index contributed by atoms with van der Waals surface area (Å²) in [6.07, 6.45) is 2.88. The zero-order valence-corrected chi connectivity index (χ0v) is 12.2. The molecule has 19 heavy (non-hydrogen) atoms. The Labute approximate surface area is 117 Å². The van der Waals surface area contributed by atoms with Crippen LogP contribution >= 0.6 is 11.3 Å². The first-order valence-electron chi connectivity index (χ1n) is 6.57. The number of ether oxygens (including phenoxy) is 1. The van der Waals surface area contributed by atoms with Gasteiger partial charge in [0.25, 0.3) is 0 Å². The molecule has 5 nitrogen and oxygen atoms in total. The Bertz CT molecular complexity index is 435. The van der Waals surface area contributed by atoms with E-state index >= 15 is 0 Å². The monoisotopic (exact) mass is 284 g/mol. The molecule has 0 aromatic carbocycles. The maximum absolute atomic E-state index is 11.3. The van der Waals surface area contributed by atoms with Crippen molar-refractivity contribution in [2.75, 3.05) is 19.8 Å². The van der Waals surface area contributed by atoms with Gasteiger partial charge in [-0.3, -0.25) is 9.69 Å². The molecule has 106 valence electrons. The summed E-state index contributed by atoms with van der Waals surface area (Å²) in [4.78, 5) is 18.9. The lowest BCUT2D eigenvalue weighted by atomic mass is 10.0. The molecule has 1 fully saturated rings. The second kappa shape index (κ2) is 6.45. The van der Waals surface area contributed by atoms with Crippen molar-refractivity contribution in [3.8, 4) is 0 Å². The Morgan fingerprint density at radius 1 is 1.63 bits per heavy atom. The highest BCUT2D eigenvalue weighted by molar-refractivity contribution is 7.11.